The number of hydrogen-bond donors (Lipinski definition) is 1. The van der Waals surface area contributed by atoms with E-state index < -0.39 is 0 Å². The Morgan fingerprint density at radius 2 is 1.70 bits per heavy atom. The minimum atomic E-state index is 0.758. The van der Waals surface area contributed by atoms with Crippen LogP contribution in [0.1, 0.15) is 39.5 Å². The maximum absolute atomic E-state index is 5.66. The largest absolute Gasteiger partial charge is 0.268 e. The highest BCUT2D eigenvalue weighted by molar-refractivity contribution is 4.93. The van der Waals surface area contributed by atoms with Crippen LogP contribution in [-0.2, 0) is 0 Å². The summed E-state index contributed by atoms with van der Waals surface area (Å²) >= 11 is 0. The fourth-order valence-electron chi connectivity index (χ4n) is 1.84. The SMILES string of the molecule is CC.NN1C2CCCC1C2. The summed E-state index contributed by atoms with van der Waals surface area (Å²) in [4.78, 5) is 0. The fraction of sp³-hybridized carbons (Fsp3) is 1.00. The fourth-order valence-corrected chi connectivity index (χ4v) is 1.84. The van der Waals surface area contributed by atoms with Crippen molar-refractivity contribution in [2.24, 2.45) is 5.84 Å². The molecule has 2 heteroatoms. The highest BCUT2D eigenvalue weighted by atomic mass is 15.5. The van der Waals surface area contributed by atoms with Gasteiger partial charge in [-0.2, -0.15) is 0 Å². The molecule has 0 aromatic heterocycles. The summed E-state index contributed by atoms with van der Waals surface area (Å²) in [5.41, 5.74) is 0. The van der Waals surface area contributed by atoms with Gasteiger partial charge in [0.2, 0.25) is 0 Å². The Balaban J connectivity index is 0.000000231. The Morgan fingerprint density at radius 3 is 1.90 bits per heavy atom. The summed E-state index contributed by atoms with van der Waals surface area (Å²) < 4.78 is 0. The predicted octanol–water partition coefficient (Wildman–Crippen LogP) is 1.51. The van der Waals surface area contributed by atoms with Crippen LogP contribution in [0.15, 0.2) is 0 Å². The van der Waals surface area contributed by atoms with E-state index in [1.54, 1.807) is 0 Å². The molecular formula is C8H18N2. The first-order valence-corrected chi connectivity index (χ1v) is 4.41. The Bertz CT molecular complexity index is 89.4. The lowest BCUT2D eigenvalue weighted by atomic mass is 9.82. The van der Waals surface area contributed by atoms with E-state index in [-0.39, 0.29) is 0 Å². The van der Waals surface area contributed by atoms with Crippen molar-refractivity contribution < 1.29 is 0 Å². The second kappa shape index (κ2) is 3.35. The molecule has 2 N–H and O–H groups in total. The van der Waals surface area contributed by atoms with E-state index in [4.69, 9.17) is 5.84 Å². The highest BCUT2D eigenvalue weighted by Gasteiger charge is 2.38. The van der Waals surface area contributed by atoms with Gasteiger partial charge in [0.05, 0.1) is 0 Å². The van der Waals surface area contributed by atoms with Gasteiger partial charge < -0.3 is 0 Å². The third-order valence-corrected chi connectivity index (χ3v) is 2.46. The third kappa shape index (κ3) is 1.18. The summed E-state index contributed by atoms with van der Waals surface area (Å²) in [5.74, 6) is 5.66. The number of hydrazine groups is 1. The monoisotopic (exact) mass is 142 g/mol. The van der Waals surface area contributed by atoms with Crippen molar-refractivity contribution >= 4 is 0 Å². The van der Waals surface area contributed by atoms with Crippen LogP contribution < -0.4 is 5.84 Å². The first-order valence-electron chi connectivity index (χ1n) is 4.41. The molecule has 0 aromatic carbocycles. The number of rotatable bonds is 0. The molecule has 2 saturated heterocycles. The van der Waals surface area contributed by atoms with Crippen molar-refractivity contribution in [3.05, 3.63) is 0 Å². The van der Waals surface area contributed by atoms with Crippen LogP contribution in [0.3, 0.4) is 0 Å². The van der Waals surface area contributed by atoms with Gasteiger partial charge in [-0.1, -0.05) is 20.3 Å². The van der Waals surface area contributed by atoms with Crippen LogP contribution in [-0.4, -0.2) is 17.1 Å². The molecule has 3 rings (SSSR count). The molecule has 3 fully saturated rings. The summed E-state index contributed by atoms with van der Waals surface area (Å²) in [6.07, 6.45) is 5.46. The molecule has 0 aromatic rings. The van der Waals surface area contributed by atoms with E-state index in [2.05, 4.69) is 0 Å². The molecule has 1 saturated carbocycles. The maximum Gasteiger partial charge on any atom is 0.0259 e. The van der Waals surface area contributed by atoms with E-state index in [1.807, 2.05) is 18.9 Å². The molecular weight excluding hydrogens is 124 g/mol. The second-order valence-electron chi connectivity index (χ2n) is 2.92. The van der Waals surface area contributed by atoms with Crippen LogP contribution in [0.4, 0.5) is 0 Å². The van der Waals surface area contributed by atoms with Crippen LogP contribution in [0.2, 0.25) is 0 Å². The normalized spacial score (nSPS) is 37.5. The van der Waals surface area contributed by atoms with Gasteiger partial charge in [-0.05, 0) is 19.3 Å². The first-order chi connectivity index (χ1) is 4.88. The minimum Gasteiger partial charge on any atom is -0.268 e. The summed E-state index contributed by atoms with van der Waals surface area (Å²) in [7, 11) is 0. The van der Waals surface area contributed by atoms with E-state index in [1.165, 1.54) is 25.7 Å². The van der Waals surface area contributed by atoms with E-state index in [0.29, 0.717) is 0 Å². The minimum absolute atomic E-state index is 0.758. The molecule has 1 aliphatic carbocycles. The van der Waals surface area contributed by atoms with Gasteiger partial charge in [0, 0.05) is 12.1 Å². The average Bonchev–Trinajstić information content (AvgIpc) is 2.08. The number of hydrogen-bond acceptors (Lipinski definition) is 2. The lowest BCUT2D eigenvalue weighted by Gasteiger charge is -2.50. The highest BCUT2D eigenvalue weighted by Crippen LogP contribution is 2.34. The summed E-state index contributed by atoms with van der Waals surface area (Å²) in [6, 6.07) is 1.52. The van der Waals surface area contributed by atoms with Crippen molar-refractivity contribution in [1.82, 2.24) is 5.01 Å². The standard InChI is InChI=1S/C6H12N2.C2H6/c7-8-5-2-1-3-6(8)4-5;1-2/h5-6H,1-4,7H2;1-2H3. The molecule has 2 atom stereocenters. The van der Waals surface area contributed by atoms with Crippen LogP contribution >= 0.6 is 0 Å². The molecule has 10 heavy (non-hydrogen) atoms. The zero-order valence-corrected chi connectivity index (χ0v) is 7.01. The second-order valence-corrected chi connectivity index (χ2v) is 2.92. The lowest BCUT2D eigenvalue weighted by Crippen LogP contribution is -2.62. The van der Waals surface area contributed by atoms with Gasteiger partial charge in [-0.3, -0.25) is 5.84 Å². The van der Waals surface area contributed by atoms with Crippen molar-refractivity contribution in [2.75, 3.05) is 0 Å². The molecule has 0 amide bonds. The predicted molar refractivity (Wildman–Crippen MR) is 43.4 cm³/mol. The summed E-state index contributed by atoms with van der Waals surface area (Å²) in [6.45, 7) is 4.00. The molecule has 60 valence electrons. The van der Waals surface area contributed by atoms with E-state index in [9.17, 15) is 0 Å². The van der Waals surface area contributed by atoms with Crippen molar-refractivity contribution in [2.45, 2.75) is 51.6 Å². The smallest absolute Gasteiger partial charge is 0.0259 e. The van der Waals surface area contributed by atoms with Crippen molar-refractivity contribution in [1.29, 1.82) is 0 Å². The Morgan fingerprint density at radius 1 is 1.20 bits per heavy atom. The lowest BCUT2D eigenvalue weighted by molar-refractivity contribution is -0.0280. The first kappa shape index (κ1) is 8.02. The molecule has 2 nitrogen and oxygen atoms in total. The Hall–Kier alpha value is -0.0800. The number of nitrogens with zero attached hydrogens (tertiary/aromatic N) is 1. The maximum atomic E-state index is 5.66. The topological polar surface area (TPSA) is 29.3 Å². The molecule has 2 unspecified atom stereocenters. The van der Waals surface area contributed by atoms with Gasteiger partial charge in [-0.15, -0.1) is 0 Å². The van der Waals surface area contributed by atoms with Gasteiger partial charge in [-0.25, -0.2) is 5.01 Å². The van der Waals surface area contributed by atoms with Crippen LogP contribution in [0, 0.1) is 0 Å². The quantitative estimate of drug-likeness (QED) is 0.519. The molecule has 2 heterocycles. The van der Waals surface area contributed by atoms with Crippen molar-refractivity contribution in [3.8, 4) is 0 Å². The number of nitrogens with two attached hydrogens (primary N) is 1. The van der Waals surface area contributed by atoms with Gasteiger partial charge >= 0.3 is 0 Å². The molecule has 0 radical (unpaired) electrons. The zero-order chi connectivity index (χ0) is 7.56. The van der Waals surface area contributed by atoms with Crippen LogP contribution in [0.5, 0.6) is 0 Å². The molecule has 2 bridgehead atoms. The number of fused-ring (bicyclic) bond motifs is 2. The Labute approximate surface area is 63.4 Å². The van der Waals surface area contributed by atoms with E-state index >= 15 is 0 Å². The zero-order valence-electron chi connectivity index (χ0n) is 7.01. The van der Waals surface area contributed by atoms with E-state index in [0.717, 1.165) is 12.1 Å². The molecule has 0 spiro atoms. The summed E-state index contributed by atoms with van der Waals surface area (Å²) in [5, 5.41) is 2.03. The Kier molecular flexibility index (Phi) is 2.69. The third-order valence-electron chi connectivity index (χ3n) is 2.46. The van der Waals surface area contributed by atoms with Crippen LogP contribution in [0.25, 0.3) is 0 Å². The van der Waals surface area contributed by atoms with Gasteiger partial charge in [0.1, 0.15) is 0 Å². The molecule has 2 aliphatic heterocycles. The van der Waals surface area contributed by atoms with Crippen molar-refractivity contribution in [3.63, 3.8) is 0 Å². The van der Waals surface area contributed by atoms with Gasteiger partial charge in [0.25, 0.3) is 0 Å². The average molecular weight is 142 g/mol. The number of piperidine rings is 1. The molecule has 3 aliphatic rings. The van der Waals surface area contributed by atoms with Gasteiger partial charge in [0.15, 0.2) is 0 Å².